The van der Waals surface area contributed by atoms with Gasteiger partial charge in [-0.3, -0.25) is 4.79 Å². The molecule has 0 aliphatic carbocycles. The molecule has 1 amide bonds. The van der Waals surface area contributed by atoms with Crippen LogP contribution in [0.15, 0.2) is 71.2 Å². The van der Waals surface area contributed by atoms with E-state index < -0.39 is 0 Å². The summed E-state index contributed by atoms with van der Waals surface area (Å²) in [6.45, 7) is 3.97. The molecule has 0 aliphatic heterocycles. The molecular weight excluding hydrogens is 414 g/mol. The molecule has 0 bridgehead atoms. The zero-order valence-electron chi connectivity index (χ0n) is 15.5. The van der Waals surface area contributed by atoms with Crippen molar-refractivity contribution in [2.45, 2.75) is 13.8 Å². The molecule has 1 aromatic heterocycles. The molecule has 3 aromatic carbocycles. The SMILES string of the molecule is Cc1ccc2nnc(-c3ccccc3)c(C(=O)Nc3ccc(Br)cc3C)c2c1. The number of aromatic nitrogens is 2. The number of halogens is 1. The Kier molecular flexibility index (Phi) is 4.92. The normalized spacial score (nSPS) is 10.8. The number of amides is 1. The lowest BCUT2D eigenvalue weighted by Crippen LogP contribution is -2.16. The summed E-state index contributed by atoms with van der Waals surface area (Å²) in [5.41, 5.74) is 5.47. The van der Waals surface area contributed by atoms with E-state index in [1.54, 1.807) is 0 Å². The van der Waals surface area contributed by atoms with E-state index in [1.165, 1.54) is 0 Å². The minimum absolute atomic E-state index is 0.199. The van der Waals surface area contributed by atoms with Crippen LogP contribution in [0.3, 0.4) is 0 Å². The molecule has 0 fully saturated rings. The Labute approximate surface area is 171 Å². The minimum Gasteiger partial charge on any atom is -0.322 e. The van der Waals surface area contributed by atoms with Crippen molar-refractivity contribution >= 4 is 38.4 Å². The lowest BCUT2D eigenvalue weighted by molar-refractivity contribution is 0.102. The molecule has 0 saturated carbocycles. The van der Waals surface area contributed by atoms with Gasteiger partial charge in [-0.05, 0) is 49.7 Å². The van der Waals surface area contributed by atoms with Crippen LogP contribution in [0.5, 0.6) is 0 Å². The third-order valence-electron chi connectivity index (χ3n) is 4.63. The lowest BCUT2D eigenvalue weighted by atomic mass is 10.00. The third-order valence-corrected chi connectivity index (χ3v) is 5.12. The first-order valence-corrected chi connectivity index (χ1v) is 9.72. The number of benzene rings is 3. The molecule has 4 nitrogen and oxygen atoms in total. The summed E-state index contributed by atoms with van der Waals surface area (Å²) < 4.78 is 0.972. The van der Waals surface area contributed by atoms with Crippen LogP contribution in [-0.4, -0.2) is 16.1 Å². The molecule has 0 radical (unpaired) electrons. The first-order valence-electron chi connectivity index (χ1n) is 8.93. The van der Waals surface area contributed by atoms with E-state index in [0.29, 0.717) is 16.8 Å². The molecular formula is C23H18BrN3O. The topological polar surface area (TPSA) is 54.9 Å². The van der Waals surface area contributed by atoms with E-state index in [9.17, 15) is 4.79 Å². The highest BCUT2D eigenvalue weighted by atomic mass is 79.9. The summed E-state index contributed by atoms with van der Waals surface area (Å²) >= 11 is 3.46. The van der Waals surface area contributed by atoms with Crippen LogP contribution in [0.2, 0.25) is 0 Å². The molecule has 0 aliphatic rings. The monoisotopic (exact) mass is 431 g/mol. The standard InChI is InChI=1S/C23H18BrN3O/c1-14-8-10-20-18(12-14)21(22(27-26-20)16-6-4-3-5-7-16)23(28)25-19-11-9-17(24)13-15(19)2/h3-13H,1-2H3,(H,25,28). The third kappa shape index (κ3) is 3.53. The Morgan fingerprint density at radius 2 is 1.71 bits per heavy atom. The molecule has 0 atom stereocenters. The van der Waals surface area contributed by atoms with E-state index >= 15 is 0 Å². The zero-order chi connectivity index (χ0) is 19.7. The number of nitrogens with one attached hydrogen (secondary N) is 1. The van der Waals surface area contributed by atoms with E-state index in [4.69, 9.17) is 0 Å². The van der Waals surface area contributed by atoms with Gasteiger partial charge in [0.1, 0.15) is 5.69 Å². The molecule has 1 N–H and O–H groups in total. The smallest absolute Gasteiger partial charge is 0.258 e. The van der Waals surface area contributed by atoms with Crippen LogP contribution in [0, 0.1) is 13.8 Å². The van der Waals surface area contributed by atoms with E-state index in [1.807, 2.05) is 80.6 Å². The van der Waals surface area contributed by atoms with Crippen LogP contribution in [0.4, 0.5) is 5.69 Å². The van der Waals surface area contributed by atoms with Crippen molar-refractivity contribution in [1.29, 1.82) is 0 Å². The van der Waals surface area contributed by atoms with E-state index in [-0.39, 0.29) is 5.91 Å². The van der Waals surface area contributed by atoms with Crippen molar-refractivity contribution in [2.75, 3.05) is 5.32 Å². The summed E-state index contributed by atoms with van der Waals surface area (Å²) in [5, 5.41) is 12.6. The Hall–Kier alpha value is -3.05. The number of nitrogens with zero attached hydrogens (tertiary/aromatic N) is 2. The van der Waals surface area contributed by atoms with Gasteiger partial charge in [-0.2, -0.15) is 0 Å². The number of carbonyl (C=O) groups is 1. The molecule has 1 heterocycles. The van der Waals surface area contributed by atoms with Gasteiger partial charge in [0.05, 0.1) is 11.1 Å². The van der Waals surface area contributed by atoms with Crippen molar-refractivity contribution in [3.63, 3.8) is 0 Å². The highest BCUT2D eigenvalue weighted by Crippen LogP contribution is 2.29. The van der Waals surface area contributed by atoms with Gasteiger partial charge in [0, 0.05) is 21.1 Å². The Morgan fingerprint density at radius 3 is 2.46 bits per heavy atom. The van der Waals surface area contributed by atoms with Gasteiger partial charge >= 0.3 is 0 Å². The fourth-order valence-corrected chi connectivity index (χ4v) is 3.67. The number of fused-ring (bicyclic) bond motifs is 1. The minimum atomic E-state index is -0.199. The van der Waals surface area contributed by atoms with Crippen molar-refractivity contribution in [3.05, 3.63) is 87.9 Å². The predicted octanol–water partition coefficient (Wildman–Crippen LogP) is 5.93. The van der Waals surface area contributed by atoms with Crippen molar-refractivity contribution in [2.24, 2.45) is 0 Å². The number of carbonyl (C=O) groups excluding carboxylic acids is 1. The molecule has 5 heteroatoms. The van der Waals surface area contributed by atoms with Crippen molar-refractivity contribution < 1.29 is 4.79 Å². The molecule has 0 saturated heterocycles. The van der Waals surface area contributed by atoms with Gasteiger partial charge < -0.3 is 5.32 Å². The van der Waals surface area contributed by atoms with Gasteiger partial charge in [0.25, 0.3) is 5.91 Å². The van der Waals surface area contributed by atoms with Gasteiger partial charge in [-0.25, -0.2) is 0 Å². The largest absolute Gasteiger partial charge is 0.322 e. The molecule has 0 spiro atoms. The van der Waals surface area contributed by atoms with Crippen molar-refractivity contribution in [3.8, 4) is 11.3 Å². The molecule has 28 heavy (non-hydrogen) atoms. The fourth-order valence-electron chi connectivity index (χ4n) is 3.20. The summed E-state index contributed by atoms with van der Waals surface area (Å²) in [4.78, 5) is 13.4. The second-order valence-corrected chi connectivity index (χ2v) is 7.64. The summed E-state index contributed by atoms with van der Waals surface area (Å²) in [7, 11) is 0. The van der Waals surface area contributed by atoms with Crippen molar-refractivity contribution in [1.82, 2.24) is 10.2 Å². The molecule has 4 aromatic rings. The summed E-state index contributed by atoms with van der Waals surface area (Å²) in [6.07, 6.45) is 0. The number of rotatable bonds is 3. The Bertz CT molecular complexity index is 1190. The maximum Gasteiger partial charge on any atom is 0.258 e. The van der Waals surface area contributed by atoms with Gasteiger partial charge in [-0.1, -0.05) is 57.9 Å². The zero-order valence-corrected chi connectivity index (χ0v) is 17.1. The van der Waals surface area contributed by atoms with Gasteiger partial charge in [0.2, 0.25) is 0 Å². The molecule has 4 rings (SSSR count). The molecule has 138 valence electrons. The Balaban J connectivity index is 1.89. The number of anilines is 1. The summed E-state index contributed by atoms with van der Waals surface area (Å²) in [5.74, 6) is -0.199. The first kappa shape index (κ1) is 18.3. The number of aryl methyl sites for hydroxylation is 2. The quantitative estimate of drug-likeness (QED) is 0.437. The first-order chi connectivity index (χ1) is 13.5. The number of hydrogen-bond acceptors (Lipinski definition) is 3. The second-order valence-electron chi connectivity index (χ2n) is 6.72. The lowest BCUT2D eigenvalue weighted by Gasteiger charge is -2.14. The van der Waals surface area contributed by atoms with Crippen LogP contribution < -0.4 is 5.32 Å². The van der Waals surface area contributed by atoms with Gasteiger partial charge in [-0.15, -0.1) is 10.2 Å². The van der Waals surface area contributed by atoms with E-state index in [0.717, 1.165) is 32.2 Å². The number of hydrogen-bond donors (Lipinski definition) is 1. The van der Waals surface area contributed by atoms with Crippen LogP contribution >= 0.6 is 15.9 Å². The predicted molar refractivity (Wildman–Crippen MR) is 117 cm³/mol. The van der Waals surface area contributed by atoms with Crippen LogP contribution in [-0.2, 0) is 0 Å². The highest BCUT2D eigenvalue weighted by Gasteiger charge is 2.20. The van der Waals surface area contributed by atoms with E-state index in [2.05, 4.69) is 31.4 Å². The fraction of sp³-hybridized carbons (Fsp3) is 0.0870. The highest BCUT2D eigenvalue weighted by molar-refractivity contribution is 9.10. The average molecular weight is 432 g/mol. The van der Waals surface area contributed by atoms with Crippen LogP contribution in [0.25, 0.3) is 22.2 Å². The molecule has 0 unspecified atom stereocenters. The Morgan fingerprint density at radius 1 is 0.929 bits per heavy atom. The average Bonchev–Trinajstić information content (AvgIpc) is 2.69. The van der Waals surface area contributed by atoms with Crippen LogP contribution in [0.1, 0.15) is 21.5 Å². The summed E-state index contributed by atoms with van der Waals surface area (Å²) in [6, 6.07) is 21.3. The maximum atomic E-state index is 13.4. The second kappa shape index (κ2) is 7.52. The van der Waals surface area contributed by atoms with Gasteiger partial charge in [0.15, 0.2) is 0 Å². The maximum absolute atomic E-state index is 13.4.